The average molecular weight is 234 g/mol. The number of rotatable bonds is 5. The molecule has 0 aliphatic heterocycles. The van der Waals surface area contributed by atoms with Crippen molar-refractivity contribution in [2.24, 2.45) is 0 Å². The number of hydrogen-bond acceptors (Lipinski definition) is 5. The second kappa shape index (κ2) is 5.20. The van der Waals surface area contributed by atoms with Crippen molar-refractivity contribution in [3.63, 3.8) is 0 Å². The number of ether oxygens (including phenoxy) is 2. The minimum Gasteiger partial charge on any atom is -0.481 e. The molecule has 6 nitrogen and oxygen atoms in total. The van der Waals surface area contributed by atoms with Gasteiger partial charge in [-0.05, 0) is 12.1 Å². The highest BCUT2D eigenvalue weighted by Gasteiger charge is 2.12. The molecule has 0 bridgehead atoms. The van der Waals surface area contributed by atoms with Crippen LogP contribution in [0.15, 0.2) is 30.9 Å². The minimum absolute atomic E-state index is 0.511. The van der Waals surface area contributed by atoms with Gasteiger partial charge in [0.25, 0.3) is 0 Å². The van der Waals surface area contributed by atoms with Crippen LogP contribution in [0.5, 0.6) is 11.8 Å². The van der Waals surface area contributed by atoms with Crippen molar-refractivity contribution in [1.82, 2.24) is 14.6 Å². The van der Waals surface area contributed by atoms with E-state index in [1.54, 1.807) is 14.2 Å². The van der Waals surface area contributed by atoms with E-state index in [1.807, 2.05) is 29.2 Å². The van der Waals surface area contributed by atoms with E-state index in [1.165, 1.54) is 6.33 Å². The van der Waals surface area contributed by atoms with Crippen LogP contribution in [0.2, 0.25) is 0 Å². The zero-order chi connectivity index (χ0) is 12.1. The number of methoxy groups -OCH3 is 2. The molecule has 2 aromatic rings. The predicted molar refractivity (Wildman–Crippen MR) is 62.6 cm³/mol. The lowest BCUT2D eigenvalue weighted by molar-refractivity contribution is 0.362. The van der Waals surface area contributed by atoms with Crippen molar-refractivity contribution in [3.05, 3.63) is 36.4 Å². The fraction of sp³-hybridized carbons (Fsp3) is 0.273. The second-order valence-corrected chi connectivity index (χ2v) is 3.30. The van der Waals surface area contributed by atoms with Gasteiger partial charge in [0.2, 0.25) is 11.8 Å². The Labute approximate surface area is 99.2 Å². The number of hydrogen-bond donors (Lipinski definition) is 1. The molecule has 0 saturated carbocycles. The topological polar surface area (TPSA) is 61.2 Å². The maximum atomic E-state index is 5.18. The van der Waals surface area contributed by atoms with Crippen molar-refractivity contribution in [1.29, 1.82) is 0 Å². The lowest BCUT2D eigenvalue weighted by Crippen LogP contribution is -2.14. The molecule has 2 rings (SSSR count). The SMILES string of the molecule is COc1ncnc(OC)c1CNn1cccc1. The molecule has 1 N–H and O–H groups in total. The second-order valence-electron chi connectivity index (χ2n) is 3.30. The number of nitrogens with zero attached hydrogens (tertiary/aromatic N) is 3. The van der Waals surface area contributed by atoms with Crippen LogP contribution >= 0.6 is 0 Å². The molecule has 0 unspecified atom stereocenters. The van der Waals surface area contributed by atoms with E-state index < -0.39 is 0 Å². The zero-order valence-corrected chi connectivity index (χ0v) is 9.75. The molecule has 6 heteroatoms. The fourth-order valence-corrected chi connectivity index (χ4v) is 1.49. The summed E-state index contributed by atoms with van der Waals surface area (Å²) in [5.41, 5.74) is 3.95. The van der Waals surface area contributed by atoms with E-state index in [9.17, 15) is 0 Å². The summed E-state index contributed by atoms with van der Waals surface area (Å²) in [5.74, 6) is 1.02. The first-order valence-corrected chi connectivity index (χ1v) is 5.14. The van der Waals surface area contributed by atoms with Gasteiger partial charge in [-0.1, -0.05) is 0 Å². The molecular formula is C11H14N4O2. The summed E-state index contributed by atoms with van der Waals surface area (Å²) in [6, 6.07) is 3.87. The molecule has 0 amide bonds. The molecular weight excluding hydrogens is 220 g/mol. The van der Waals surface area contributed by atoms with Gasteiger partial charge in [0, 0.05) is 12.4 Å². The summed E-state index contributed by atoms with van der Waals surface area (Å²) in [6.45, 7) is 0.516. The van der Waals surface area contributed by atoms with Crippen LogP contribution in [-0.4, -0.2) is 28.9 Å². The highest BCUT2D eigenvalue weighted by Crippen LogP contribution is 2.23. The lowest BCUT2D eigenvalue weighted by atomic mass is 10.3. The first kappa shape index (κ1) is 11.3. The van der Waals surface area contributed by atoms with E-state index in [0.717, 1.165) is 5.56 Å². The fourth-order valence-electron chi connectivity index (χ4n) is 1.49. The molecule has 90 valence electrons. The quantitative estimate of drug-likeness (QED) is 0.837. The van der Waals surface area contributed by atoms with Crippen LogP contribution in [0.1, 0.15) is 5.56 Å². The summed E-state index contributed by atoms with van der Waals surface area (Å²) in [7, 11) is 3.14. The maximum Gasteiger partial charge on any atom is 0.225 e. The molecule has 0 aliphatic rings. The van der Waals surface area contributed by atoms with Gasteiger partial charge in [0.05, 0.1) is 26.3 Å². The van der Waals surface area contributed by atoms with Crippen molar-refractivity contribution in [2.45, 2.75) is 6.54 Å². The minimum atomic E-state index is 0.511. The molecule has 0 spiro atoms. The van der Waals surface area contributed by atoms with Crippen molar-refractivity contribution >= 4 is 0 Å². The van der Waals surface area contributed by atoms with Gasteiger partial charge in [-0.3, -0.25) is 4.68 Å². The van der Waals surface area contributed by atoms with Gasteiger partial charge < -0.3 is 14.9 Å². The van der Waals surface area contributed by atoms with Gasteiger partial charge in [-0.15, -0.1) is 0 Å². The highest BCUT2D eigenvalue weighted by molar-refractivity contribution is 5.35. The lowest BCUT2D eigenvalue weighted by Gasteiger charge is -2.12. The third-order valence-electron chi connectivity index (χ3n) is 2.30. The van der Waals surface area contributed by atoms with Crippen LogP contribution in [0.4, 0.5) is 0 Å². The largest absolute Gasteiger partial charge is 0.481 e. The van der Waals surface area contributed by atoms with E-state index in [0.29, 0.717) is 18.3 Å². The van der Waals surface area contributed by atoms with Gasteiger partial charge in [0.15, 0.2) is 0 Å². The molecule has 2 aromatic heterocycles. The average Bonchev–Trinajstić information content (AvgIpc) is 2.88. The molecule has 2 heterocycles. The zero-order valence-electron chi connectivity index (χ0n) is 9.75. The molecule has 0 aliphatic carbocycles. The summed E-state index contributed by atoms with van der Waals surface area (Å²) in [5, 5.41) is 0. The molecule has 0 radical (unpaired) electrons. The third kappa shape index (κ3) is 2.47. The summed E-state index contributed by atoms with van der Waals surface area (Å²) < 4.78 is 12.2. The molecule has 0 saturated heterocycles. The molecule has 0 fully saturated rings. The molecule has 0 aromatic carbocycles. The first-order chi connectivity index (χ1) is 8.35. The Morgan fingerprint density at radius 3 is 2.24 bits per heavy atom. The summed E-state index contributed by atoms with van der Waals surface area (Å²) in [4.78, 5) is 8.09. The van der Waals surface area contributed by atoms with Crippen LogP contribution in [-0.2, 0) is 6.54 Å². The van der Waals surface area contributed by atoms with Crippen LogP contribution in [0.25, 0.3) is 0 Å². The van der Waals surface area contributed by atoms with Gasteiger partial charge in [0.1, 0.15) is 6.33 Å². The highest BCUT2D eigenvalue weighted by atomic mass is 16.5. The van der Waals surface area contributed by atoms with Crippen LogP contribution in [0.3, 0.4) is 0 Å². The normalized spacial score (nSPS) is 10.0. The van der Waals surface area contributed by atoms with Gasteiger partial charge in [-0.25, -0.2) is 9.97 Å². The standard InChI is InChI=1S/C11H14N4O2/c1-16-10-9(11(17-2)13-8-12-10)7-14-15-5-3-4-6-15/h3-6,8,14H,7H2,1-2H3. The monoisotopic (exact) mass is 234 g/mol. The third-order valence-corrected chi connectivity index (χ3v) is 2.30. The number of aromatic nitrogens is 3. The Morgan fingerprint density at radius 1 is 1.12 bits per heavy atom. The Balaban J connectivity index is 2.18. The van der Waals surface area contributed by atoms with E-state index >= 15 is 0 Å². The Morgan fingerprint density at radius 2 is 1.71 bits per heavy atom. The smallest absolute Gasteiger partial charge is 0.225 e. The first-order valence-electron chi connectivity index (χ1n) is 5.14. The predicted octanol–water partition coefficient (Wildman–Crippen LogP) is 1.04. The van der Waals surface area contributed by atoms with Gasteiger partial charge >= 0.3 is 0 Å². The molecule has 17 heavy (non-hydrogen) atoms. The van der Waals surface area contributed by atoms with E-state index in [-0.39, 0.29) is 0 Å². The molecule has 0 atom stereocenters. The Hall–Kier alpha value is -2.24. The van der Waals surface area contributed by atoms with Crippen molar-refractivity contribution in [2.75, 3.05) is 19.6 Å². The maximum absolute atomic E-state index is 5.18. The summed E-state index contributed by atoms with van der Waals surface area (Å²) in [6.07, 6.45) is 5.22. The van der Waals surface area contributed by atoms with E-state index in [4.69, 9.17) is 9.47 Å². The summed E-state index contributed by atoms with van der Waals surface area (Å²) >= 11 is 0. The van der Waals surface area contributed by atoms with E-state index in [2.05, 4.69) is 15.4 Å². The Bertz CT molecular complexity index is 448. The van der Waals surface area contributed by atoms with Crippen molar-refractivity contribution in [3.8, 4) is 11.8 Å². The van der Waals surface area contributed by atoms with Gasteiger partial charge in [-0.2, -0.15) is 0 Å². The number of nitrogens with one attached hydrogen (secondary N) is 1. The van der Waals surface area contributed by atoms with Crippen molar-refractivity contribution < 1.29 is 9.47 Å². The van der Waals surface area contributed by atoms with Crippen LogP contribution in [0, 0.1) is 0 Å². The Kier molecular flexibility index (Phi) is 3.44. The van der Waals surface area contributed by atoms with Crippen LogP contribution < -0.4 is 14.9 Å².